The molecule has 1 aromatic rings. The topological polar surface area (TPSA) is 358 Å². The van der Waals surface area contributed by atoms with Crippen molar-refractivity contribution in [3.05, 3.63) is 35.4 Å². The Labute approximate surface area is 434 Å². The van der Waals surface area contributed by atoms with E-state index in [1.54, 1.807) is 58.9 Å². The second-order valence-corrected chi connectivity index (χ2v) is 19.2. The molecule has 1 saturated heterocycles. The number of hydrogen-bond donors (Lipinski definition) is 11. The van der Waals surface area contributed by atoms with Crippen molar-refractivity contribution < 1.29 is 53.1 Å². The first-order chi connectivity index (χ1) is 34.8. The van der Waals surface area contributed by atoms with Gasteiger partial charge in [-0.2, -0.15) is 0 Å². The first-order valence-electron chi connectivity index (χ1n) is 25.5. The quantitative estimate of drug-likeness (QED) is 0.0228. The number of aliphatic hydroxyl groups is 1. The van der Waals surface area contributed by atoms with Crippen molar-refractivity contribution >= 4 is 65.0 Å². The number of amides is 10. The molecule has 0 spiro atoms. The van der Waals surface area contributed by atoms with Crippen molar-refractivity contribution in [2.75, 3.05) is 39.8 Å². The fourth-order valence-corrected chi connectivity index (χ4v) is 8.00. The molecule has 9 atom stereocenters. The zero-order valence-electron chi connectivity index (χ0n) is 44.8. The van der Waals surface area contributed by atoms with E-state index in [1.165, 1.54) is 25.8 Å². The largest absolute Gasteiger partial charge is 0.391 e. The van der Waals surface area contributed by atoms with Crippen molar-refractivity contribution in [1.82, 2.24) is 52.3 Å². The number of likely N-dealkylation sites (tertiary alicyclic amines) is 1. The number of guanidine groups is 1. The van der Waals surface area contributed by atoms with Gasteiger partial charge in [0.05, 0.1) is 19.2 Å². The van der Waals surface area contributed by atoms with E-state index in [1.807, 2.05) is 13.8 Å². The molecule has 0 bridgehead atoms. The second kappa shape index (κ2) is 31.7. The predicted octanol–water partition coefficient (Wildman–Crippen LogP) is -1.90. The zero-order valence-corrected chi connectivity index (χ0v) is 44.8. The summed E-state index contributed by atoms with van der Waals surface area (Å²) in [7, 11) is 1.42. The van der Waals surface area contributed by atoms with Gasteiger partial charge in [-0.3, -0.25) is 52.9 Å². The molecule has 1 aliphatic rings. The van der Waals surface area contributed by atoms with Gasteiger partial charge in [-0.05, 0) is 70.3 Å². The smallest absolute Gasteiger partial charge is 0.245 e. The van der Waals surface area contributed by atoms with E-state index in [0.717, 1.165) is 10.5 Å². The lowest BCUT2D eigenvalue weighted by atomic mass is 9.96. The summed E-state index contributed by atoms with van der Waals surface area (Å²) >= 11 is 0. The van der Waals surface area contributed by atoms with E-state index in [0.29, 0.717) is 50.8 Å². The summed E-state index contributed by atoms with van der Waals surface area (Å²) in [4.78, 5) is 141. The van der Waals surface area contributed by atoms with Gasteiger partial charge in [0.2, 0.25) is 59.1 Å². The molecule has 0 aliphatic carbocycles. The molecule has 0 aromatic heterocycles. The summed E-state index contributed by atoms with van der Waals surface area (Å²) in [5, 5.41) is 32.1. The van der Waals surface area contributed by atoms with Gasteiger partial charge in [0, 0.05) is 40.0 Å². The second-order valence-electron chi connectivity index (χ2n) is 19.2. The van der Waals surface area contributed by atoms with Crippen LogP contribution in [0.4, 0.5) is 0 Å². The standard InChI is InChI=1S/C50H83N13O11/c1-11-16-34(43(68)60-41(30(7)12-2)47(72)57-35(17-14-23-54-50(51)52)49(74)63-24-15-18-37(63)45(70)53-13-3)56-48(73)42(31(8)64)61-44(69)36(25-33-21-19-29(6)20-22-33)58-46(71)40(28(4)5)59-38(66)26-55-39(67)27-62(10)32(9)65/h19-22,28,30-31,34-37,40-42,64H,11-18,23-27H2,1-10H3,(H,53,70)(H,55,67)(H,56,73)(H,57,72)(H,58,71)(H,59,66)(H,60,68)(H,61,69)(H4,51,52,54)/t30-,31+,34-,35-,36+,37-,40-,41-,42-/m0/s1. The lowest BCUT2D eigenvalue weighted by molar-refractivity contribution is -0.142. The van der Waals surface area contributed by atoms with Crippen molar-refractivity contribution in [2.24, 2.45) is 28.3 Å². The van der Waals surface area contributed by atoms with Gasteiger partial charge in [-0.15, -0.1) is 0 Å². The summed E-state index contributed by atoms with van der Waals surface area (Å²) in [6.07, 6.45) is 0.675. The number of benzene rings is 1. The number of hydrogen-bond acceptors (Lipinski definition) is 12. The third kappa shape index (κ3) is 20.9. The number of aryl methyl sites for hydroxylation is 1. The maximum Gasteiger partial charge on any atom is 0.245 e. The van der Waals surface area contributed by atoms with Crippen molar-refractivity contribution in [1.29, 1.82) is 0 Å². The van der Waals surface area contributed by atoms with Gasteiger partial charge >= 0.3 is 0 Å². The van der Waals surface area contributed by atoms with Crippen molar-refractivity contribution in [2.45, 2.75) is 162 Å². The van der Waals surface area contributed by atoms with Crippen LogP contribution >= 0.6 is 0 Å². The van der Waals surface area contributed by atoms with Crippen molar-refractivity contribution in [3.8, 4) is 0 Å². The van der Waals surface area contributed by atoms with Gasteiger partial charge in [0.1, 0.15) is 42.3 Å². The number of nitrogens with one attached hydrogen (secondary N) is 8. The van der Waals surface area contributed by atoms with Gasteiger partial charge in [-0.25, -0.2) is 0 Å². The Morgan fingerprint density at radius 2 is 1.32 bits per heavy atom. The Balaban J connectivity index is 2.36. The molecule has 2 rings (SSSR count). The molecule has 1 heterocycles. The van der Waals surface area contributed by atoms with Gasteiger partial charge in [-0.1, -0.05) is 77.3 Å². The highest BCUT2D eigenvalue weighted by molar-refractivity contribution is 5.98. The predicted molar refractivity (Wildman–Crippen MR) is 277 cm³/mol. The van der Waals surface area contributed by atoms with E-state index in [-0.39, 0.29) is 50.1 Å². The Morgan fingerprint density at radius 1 is 0.743 bits per heavy atom. The van der Waals surface area contributed by atoms with E-state index in [4.69, 9.17) is 11.5 Å². The monoisotopic (exact) mass is 1040 g/mol. The first kappa shape index (κ1) is 63.3. The van der Waals surface area contributed by atoms with Crippen LogP contribution in [0, 0.1) is 18.8 Å². The first-order valence-corrected chi connectivity index (χ1v) is 25.5. The van der Waals surface area contributed by atoms with Crippen LogP contribution in [0.5, 0.6) is 0 Å². The highest BCUT2D eigenvalue weighted by Crippen LogP contribution is 2.21. The minimum Gasteiger partial charge on any atom is -0.391 e. The summed E-state index contributed by atoms with van der Waals surface area (Å²) in [6, 6.07) is -1.43. The lowest BCUT2D eigenvalue weighted by Gasteiger charge is -2.31. The Kier molecular flexibility index (Phi) is 27.1. The molecular formula is C50H83N13O11. The van der Waals surface area contributed by atoms with E-state index < -0.39 is 114 Å². The molecule has 414 valence electrons. The summed E-state index contributed by atoms with van der Waals surface area (Å²) in [6.45, 7) is 14.8. The third-order valence-electron chi connectivity index (χ3n) is 12.6. The van der Waals surface area contributed by atoms with Gasteiger partial charge in [0.25, 0.3) is 0 Å². The number of likely N-dealkylation sites (N-methyl/N-ethyl adjacent to an activating group) is 2. The van der Waals surface area contributed by atoms with Crippen LogP contribution in [0.1, 0.15) is 111 Å². The minimum atomic E-state index is -1.66. The highest BCUT2D eigenvalue weighted by atomic mass is 16.3. The maximum atomic E-state index is 14.2. The Bertz CT molecular complexity index is 2120. The fraction of sp³-hybridized carbons (Fsp3) is 0.660. The van der Waals surface area contributed by atoms with E-state index in [9.17, 15) is 53.1 Å². The van der Waals surface area contributed by atoms with Crippen molar-refractivity contribution in [3.63, 3.8) is 0 Å². The van der Waals surface area contributed by atoms with Crippen LogP contribution in [0.2, 0.25) is 0 Å². The number of nitrogens with two attached hydrogens (primary N) is 2. The number of carbonyl (C=O) groups is 10. The highest BCUT2D eigenvalue weighted by Gasteiger charge is 2.40. The van der Waals surface area contributed by atoms with Crippen LogP contribution in [0.25, 0.3) is 0 Å². The molecule has 0 radical (unpaired) electrons. The summed E-state index contributed by atoms with van der Waals surface area (Å²) in [5.41, 5.74) is 12.6. The van der Waals surface area contributed by atoms with Crippen LogP contribution in [-0.2, 0) is 54.4 Å². The van der Waals surface area contributed by atoms with Gasteiger partial charge < -0.3 is 68.9 Å². The Morgan fingerprint density at radius 3 is 1.89 bits per heavy atom. The fourth-order valence-electron chi connectivity index (χ4n) is 8.00. The molecule has 13 N–H and O–H groups in total. The number of aliphatic imine (C=N–C) groups is 1. The number of rotatable bonds is 30. The summed E-state index contributed by atoms with van der Waals surface area (Å²) < 4.78 is 0. The SMILES string of the molecule is CCC[C@H](NC(=O)[C@@H](NC(=O)[C@@H](Cc1ccc(C)cc1)NC(=O)[C@@H](NC(=O)CNC(=O)CN(C)C(C)=O)C(C)C)[C@@H](C)O)C(=O)N[C@H](C(=O)N[C@@H](CCCN=C(N)N)C(=O)N1CCC[C@H]1C(=O)NCC)[C@@H](C)CC. The summed E-state index contributed by atoms with van der Waals surface area (Å²) in [5.74, 6) is -7.62. The molecule has 1 aliphatic heterocycles. The maximum absolute atomic E-state index is 14.2. The molecule has 0 saturated carbocycles. The van der Waals surface area contributed by atoms with Gasteiger partial charge in [0.15, 0.2) is 5.96 Å². The van der Waals surface area contributed by atoms with Crippen LogP contribution < -0.4 is 54.0 Å². The Hall–Kier alpha value is -6.85. The third-order valence-corrected chi connectivity index (χ3v) is 12.6. The molecule has 74 heavy (non-hydrogen) atoms. The number of carbonyl (C=O) groups excluding carboxylic acids is 10. The molecule has 10 amide bonds. The lowest BCUT2D eigenvalue weighted by Crippen LogP contribution is -2.62. The average molecular weight is 1040 g/mol. The van der Waals surface area contributed by atoms with E-state index in [2.05, 4.69) is 47.5 Å². The molecule has 0 unspecified atom stereocenters. The molecule has 1 aromatic carbocycles. The van der Waals surface area contributed by atoms with E-state index >= 15 is 0 Å². The molecule has 24 heteroatoms. The number of nitrogens with zero attached hydrogens (tertiary/aromatic N) is 3. The average Bonchev–Trinajstić information content (AvgIpc) is 3.84. The van der Waals surface area contributed by atoms with Crippen LogP contribution in [0.3, 0.4) is 0 Å². The molecular weight excluding hydrogens is 959 g/mol. The van der Waals surface area contributed by atoms with Crippen LogP contribution in [0.15, 0.2) is 29.3 Å². The minimum absolute atomic E-state index is 0.0720. The normalized spacial score (nSPS) is 16.3. The zero-order chi connectivity index (χ0) is 55.8. The molecule has 24 nitrogen and oxygen atoms in total. The number of aliphatic hydroxyl groups excluding tert-OH is 1. The van der Waals surface area contributed by atoms with Crippen LogP contribution in [-0.4, -0.2) is 168 Å². The molecule has 1 fully saturated rings.